The van der Waals surface area contributed by atoms with Gasteiger partial charge in [-0.3, -0.25) is 4.79 Å². The van der Waals surface area contributed by atoms with Crippen molar-refractivity contribution >= 4 is 16.9 Å². The van der Waals surface area contributed by atoms with Crippen LogP contribution in [0.1, 0.15) is 31.1 Å². The highest BCUT2D eigenvalue weighted by Gasteiger charge is 2.29. The molecular formula is C19H26N2O3. The third kappa shape index (κ3) is 3.32. The SMILES string of the molecule is CCc1oc2ccccc2c1CN(C)C(=O)[C@@H](N)C1CCOCC1. The molecule has 5 nitrogen and oxygen atoms in total. The van der Waals surface area contributed by atoms with Crippen LogP contribution in [0.25, 0.3) is 11.0 Å². The quantitative estimate of drug-likeness (QED) is 0.915. The Bertz CT molecular complexity index is 704. The second kappa shape index (κ2) is 7.36. The summed E-state index contributed by atoms with van der Waals surface area (Å²) in [7, 11) is 1.82. The predicted octanol–water partition coefficient (Wildman–Crippen LogP) is 2.71. The van der Waals surface area contributed by atoms with Crippen LogP contribution in [-0.4, -0.2) is 37.1 Å². The minimum absolute atomic E-state index is 0.00534. The lowest BCUT2D eigenvalue weighted by Gasteiger charge is -2.29. The summed E-state index contributed by atoms with van der Waals surface area (Å²) in [6.07, 6.45) is 2.52. The maximum Gasteiger partial charge on any atom is 0.239 e. The molecule has 5 heteroatoms. The van der Waals surface area contributed by atoms with Crippen molar-refractivity contribution in [2.24, 2.45) is 11.7 Å². The summed E-state index contributed by atoms with van der Waals surface area (Å²) in [6.45, 7) is 3.98. The minimum Gasteiger partial charge on any atom is -0.461 e. The fourth-order valence-corrected chi connectivity index (χ4v) is 3.45. The number of furan rings is 1. The van der Waals surface area contributed by atoms with Gasteiger partial charge in [0.1, 0.15) is 11.3 Å². The van der Waals surface area contributed by atoms with Gasteiger partial charge < -0.3 is 19.8 Å². The van der Waals surface area contributed by atoms with E-state index in [4.69, 9.17) is 14.9 Å². The Morgan fingerprint density at radius 2 is 2.04 bits per heavy atom. The normalized spacial score (nSPS) is 17.1. The molecule has 0 spiro atoms. The fourth-order valence-electron chi connectivity index (χ4n) is 3.45. The van der Waals surface area contributed by atoms with E-state index in [0.29, 0.717) is 19.8 Å². The molecule has 24 heavy (non-hydrogen) atoms. The van der Waals surface area contributed by atoms with E-state index in [1.807, 2.05) is 31.3 Å². The Hall–Kier alpha value is -1.85. The molecular weight excluding hydrogens is 304 g/mol. The van der Waals surface area contributed by atoms with Crippen LogP contribution in [0, 0.1) is 5.92 Å². The molecule has 2 N–H and O–H groups in total. The number of para-hydroxylation sites is 1. The number of hydrogen-bond acceptors (Lipinski definition) is 4. The Labute approximate surface area is 142 Å². The zero-order chi connectivity index (χ0) is 17.1. The number of amides is 1. The van der Waals surface area contributed by atoms with Gasteiger partial charge in [0.25, 0.3) is 0 Å². The number of nitrogens with two attached hydrogens (primary N) is 1. The molecule has 3 rings (SSSR count). The molecule has 1 atom stereocenters. The van der Waals surface area contributed by atoms with Gasteiger partial charge in [-0.15, -0.1) is 0 Å². The molecule has 0 unspecified atom stereocenters. The van der Waals surface area contributed by atoms with Crippen LogP contribution in [0.5, 0.6) is 0 Å². The van der Waals surface area contributed by atoms with E-state index >= 15 is 0 Å². The number of carbonyl (C=O) groups excluding carboxylic acids is 1. The molecule has 1 fully saturated rings. The summed E-state index contributed by atoms with van der Waals surface area (Å²) in [4.78, 5) is 14.5. The summed E-state index contributed by atoms with van der Waals surface area (Å²) in [5.41, 5.74) is 8.20. The standard InChI is InChI=1S/C19H26N2O3/c1-3-16-15(14-6-4-5-7-17(14)24-16)12-21(2)19(22)18(20)13-8-10-23-11-9-13/h4-7,13,18H,3,8-12,20H2,1-2H3/t18-/m0/s1. The molecule has 130 valence electrons. The number of aryl methyl sites for hydroxylation is 1. The number of carbonyl (C=O) groups is 1. The van der Waals surface area contributed by atoms with Crippen molar-refractivity contribution in [3.63, 3.8) is 0 Å². The molecule has 0 saturated carbocycles. The van der Waals surface area contributed by atoms with Gasteiger partial charge in [0.05, 0.1) is 6.04 Å². The van der Waals surface area contributed by atoms with Crippen LogP contribution < -0.4 is 5.73 Å². The number of likely N-dealkylation sites (N-methyl/N-ethyl adjacent to an activating group) is 1. The second-order valence-corrected chi connectivity index (χ2v) is 6.52. The van der Waals surface area contributed by atoms with Crippen LogP contribution in [0.3, 0.4) is 0 Å². The summed E-state index contributed by atoms with van der Waals surface area (Å²) in [6, 6.07) is 7.51. The number of rotatable bonds is 5. The fraction of sp³-hybridized carbons (Fsp3) is 0.526. The van der Waals surface area contributed by atoms with E-state index in [9.17, 15) is 4.79 Å². The van der Waals surface area contributed by atoms with Gasteiger partial charge in [0, 0.05) is 44.2 Å². The van der Waals surface area contributed by atoms with Gasteiger partial charge in [0.2, 0.25) is 5.91 Å². The first-order valence-electron chi connectivity index (χ1n) is 8.69. The van der Waals surface area contributed by atoms with Crippen LogP contribution in [0.15, 0.2) is 28.7 Å². The number of benzene rings is 1. The van der Waals surface area contributed by atoms with Crippen molar-refractivity contribution in [1.29, 1.82) is 0 Å². The molecule has 2 heterocycles. The third-order valence-electron chi connectivity index (χ3n) is 4.93. The topological polar surface area (TPSA) is 68.7 Å². The molecule has 1 aromatic carbocycles. The minimum atomic E-state index is -0.456. The van der Waals surface area contributed by atoms with E-state index < -0.39 is 6.04 Å². The first-order chi connectivity index (χ1) is 11.6. The predicted molar refractivity (Wildman–Crippen MR) is 93.6 cm³/mol. The van der Waals surface area contributed by atoms with Crippen LogP contribution in [-0.2, 0) is 22.5 Å². The number of ether oxygens (including phenoxy) is 1. The molecule has 1 aliphatic heterocycles. The van der Waals surface area contributed by atoms with Gasteiger partial charge in [-0.2, -0.15) is 0 Å². The van der Waals surface area contributed by atoms with Gasteiger partial charge in [-0.05, 0) is 24.8 Å². The van der Waals surface area contributed by atoms with Crippen molar-refractivity contribution in [2.45, 2.75) is 38.8 Å². The second-order valence-electron chi connectivity index (χ2n) is 6.52. The van der Waals surface area contributed by atoms with Crippen molar-refractivity contribution in [1.82, 2.24) is 4.90 Å². The molecule has 0 aliphatic carbocycles. The van der Waals surface area contributed by atoms with Crippen molar-refractivity contribution in [3.05, 3.63) is 35.6 Å². The summed E-state index contributed by atoms with van der Waals surface area (Å²) in [5.74, 6) is 1.14. The van der Waals surface area contributed by atoms with Crippen LogP contribution in [0.2, 0.25) is 0 Å². The van der Waals surface area contributed by atoms with E-state index in [1.54, 1.807) is 4.90 Å². The molecule has 1 amide bonds. The lowest BCUT2D eigenvalue weighted by molar-refractivity contribution is -0.133. The van der Waals surface area contributed by atoms with E-state index in [-0.39, 0.29) is 11.8 Å². The average molecular weight is 330 g/mol. The average Bonchev–Trinajstić information content (AvgIpc) is 2.99. The smallest absolute Gasteiger partial charge is 0.239 e. The highest BCUT2D eigenvalue weighted by molar-refractivity contribution is 5.85. The Balaban J connectivity index is 1.76. The maximum atomic E-state index is 12.7. The summed E-state index contributed by atoms with van der Waals surface area (Å²) >= 11 is 0. The van der Waals surface area contributed by atoms with E-state index in [2.05, 4.69) is 6.92 Å². The zero-order valence-corrected chi connectivity index (χ0v) is 14.5. The number of fused-ring (bicyclic) bond motifs is 1. The maximum absolute atomic E-state index is 12.7. The highest BCUT2D eigenvalue weighted by Crippen LogP contribution is 2.28. The molecule has 0 bridgehead atoms. The largest absolute Gasteiger partial charge is 0.461 e. The van der Waals surface area contributed by atoms with Gasteiger partial charge in [-0.25, -0.2) is 0 Å². The molecule has 1 aliphatic rings. The first kappa shape index (κ1) is 17.0. The van der Waals surface area contributed by atoms with Crippen LogP contribution >= 0.6 is 0 Å². The molecule has 2 aromatic rings. The lowest BCUT2D eigenvalue weighted by atomic mass is 9.91. The van der Waals surface area contributed by atoms with E-state index in [1.165, 1.54) is 0 Å². The number of nitrogens with zero attached hydrogens (tertiary/aromatic N) is 1. The first-order valence-corrected chi connectivity index (χ1v) is 8.69. The molecule has 1 aromatic heterocycles. The van der Waals surface area contributed by atoms with Crippen molar-refractivity contribution < 1.29 is 13.9 Å². The third-order valence-corrected chi connectivity index (χ3v) is 4.93. The van der Waals surface area contributed by atoms with Gasteiger partial charge >= 0.3 is 0 Å². The van der Waals surface area contributed by atoms with Gasteiger partial charge in [0.15, 0.2) is 0 Å². The molecule has 1 saturated heterocycles. The van der Waals surface area contributed by atoms with Crippen LogP contribution in [0.4, 0.5) is 0 Å². The Morgan fingerprint density at radius 3 is 2.75 bits per heavy atom. The van der Waals surface area contributed by atoms with Gasteiger partial charge in [-0.1, -0.05) is 25.1 Å². The van der Waals surface area contributed by atoms with Crippen molar-refractivity contribution in [3.8, 4) is 0 Å². The van der Waals surface area contributed by atoms with E-state index in [0.717, 1.165) is 41.6 Å². The summed E-state index contributed by atoms with van der Waals surface area (Å²) in [5, 5.41) is 1.08. The zero-order valence-electron chi connectivity index (χ0n) is 14.5. The Kier molecular flexibility index (Phi) is 5.21. The lowest BCUT2D eigenvalue weighted by Crippen LogP contribution is -2.47. The highest BCUT2D eigenvalue weighted by atomic mass is 16.5. The van der Waals surface area contributed by atoms with Crippen molar-refractivity contribution in [2.75, 3.05) is 20.3 Å². The monoisotopic (exact) mass is 330 g/mol. The Morgan fingerprint density at radius 1 is 1.33 bits per heavy atom. The molecule has 0 radical (unpaired) electrons. The summed E-state index contributed by atoms with van der Waals surface area (Å²) < 4.78 is 11.3. The number of hydrogen-bond donors (Lipinski definition) is 1.